The van der Waals surface area contributed by atoms with Crippen molar-refractivity contribution in [1.82, 2.24) is 0 Å². The number of ether oxygens (including phenoxy) is 3. The Hall–Kier alpha value is -4.19. The third-order valence-electron chi connectivity index (χ3n) is 9.40. The third-order valence-corrected chi connectivity index (χ3v) is 9.40. The first-order valence-corrected chi connectivity index (χ1v) is 23.7. The zero-order chi connectivity index (χ0) is 43.7. The van der Waals surface area contributed by atoms with E-state index in [1.54, 1.807) is 0 Å². The summed E-state index contributed by atoms with van der Waals surface area (Å²) in [6.07, 6.45) is 64.8. The summed E-state index contributed by atoms with van der Waals surface area (Å²) in [6, 6.07) is 0. The number of unbranched alkanes of at least 4 members (excludes halogenated alkanes) is 16. The summed E-state index contributed by atoms with van der Waals surface area (Å²) in [5.74, 6) is -1.06. The van der Waals surface area contributed by atoms with E-state index in [0.717, 1.165) is 77.0 Å². The zero-order valence-electron chi connectivity index (χ0n) is 38.2. The molecule has 0 spiro atoms. The van der Waals surface area contributed by atoms with Gasteiger partial charge < -0.3 is 14.2 Å². The number of hydrogen-bond donors (Lipinski definition) is 0. The highest BCUT2D eigenvalue weighted by Gasteiger charge is 2.19. The van der Waals surface area contributed by atoms with Crippen LogP contribution in [0.15, 0.2) is 122 Å². The lowest BCUT2D eigenvalue weighted by atomic mass is 10.1. The van der Waals surface area contributed by atoms with Gasteiger partial charge in [-0.1, -0.05) is 206 Å². The van der Waals surface area contributed by atoms with Gasteiger partial charge in [-0.2, -0.15) is 0 Å². The molecule has 6 nitrogen and oxygen atoms in total. The Labute approximate surface area is 367 Å². The summed E-state index contributed by atoms with van der Waals surface area (Å²) in [7, 11) is 0. The smallest absolute Gasteiger partial charge is 0.306 e. The molecule has 6 heteroatoms. The van der Waals surface area contributed by atoms with E-state index in [9.17, 15) is 14.4 Å². The molecule has 0 heterocycles. The molecular formula is C54H84O6. The molecule has 1 unspecified atom stereocenters. The Balaban J connectivity index is 4.57. The number of allylic oxidation sites excluding steroid dienone is 20. The first-order valence-electron chi connectivity index (χ1n) is 23.7. The fourth-order valence-electron chi connectivity index (χ4n) is 5.89. The fourth-order valence-corrected chi connectivity index (χ4v) is 5.89. The number of hydrogen-bond acceptors (Lipinski definition) is 6. The van der Waals surface area contributed by atoms with Crippen LogP contribution in [0.3, 0.4) is 0 Å². The van der Waals surface area contributed by atoms with Gasteiger partial charge in [-0.25, -0.2) is 0 Å². The normalized spacial score (nSPS) is 13.2. The van der Waals surface area contributed by atoms with Crippen molar-refractivity contribution in [3.05, 3.63) is 122 Å². The minimum Gasteiger partial charge on any atom is -0.462 e. The molecule has 0 fully saturated rings. The summed E-state index contributed by atoms with van der Waals surface area (Å²) in [6.45, 7) is 6.21. The quantitative estimate of drug-likeness (QED) is 0.0201. The Bertz CT molecular complexity index is 1320. The Morgan fingerprint density at radius 1 is 0.350 bits per heavy atom. The molecule has 1 atom stereocenters. The lowest BCUT2D eigenvalue weighted by molar-refractivity contribution is -0.167. The van der Waals surface area contributed by atoms with Crippen LogP contribution in [0.1, 0.15) is 181 Å². The van der Waals surface area contributed by atoms with E-state index in [0.29, 0.717) is 19.3 Å². The van der Waals surface area contributed by atoms with Crippen LogP contribution in [0.25, 0.3) is 0 Å². The molecule has 0 saturated heterocycles. The minimum atomic E-state index is -0.836. The van der Waals surface area contributed by atoms with Gasteiger partial charge in [0.1, 0.15) is 13.2 Å². The molecule has 0 aromatic rings. The molecule has 0 aliphatic carbocycles. The van der Waals surface area contributed by atoms with E-state index in [-0.39, 0.29) is 31.6 Å². The first-order chi connectivity index (χ1) is 29.5. The molecule has 0 bridgehead atoms. The van der Waals surface area contributed by atoms with Crippen LogP contribution in [0.4, 0.5) is 0 Å². The molecule has 0 saturated carbocycles. The minimum absolute atomic E-state index is 0.128. The highest BCUT2D eigenvalue weighted by atomic mass is 16.6. The fraction of sp³-hybridized carbons (Fsp3) is 0.574. The molecule has 0 aromatic carbocycles. The molecule has 336 valence electrons. The SMILES string of the molecule is CC\C=C/C=C\C=C/C=C\C=C/CCCC(=O)OC(COC(=O)CCCCC\C=C/C=C\C=C/C=C\CC)COC(=O)CCCCCCC/C=C\CCCCCCCCC. The van der Waals surface area contributed by atoms with Gasteiger partial charge >= 0.3 is 17.9 Å². The van der Waals surface area contributed by atoms with Crippen molar-refractivity contribution in [1.29, 1.82) is 0 Å². The van der Waals surface area contributed by atoms with Crippen molar-refractivity contribution in [3.8, 4) is 0 Å². The van der Waals surface area contributed by atoms with Crippen LogP contribution in [0.2, 0.25) is 0 Å². The molecule has 0 radical (unpaired) electrons. The largest absolute Gasteiger partial charge is 0.462 e. The van der Waals surface area contributed by atoms with Crippen molar-refractivity contribution in [2.75, 3.05) is 13.2 Å². The monoisotopic (exact) mass is 829 g/mol. The molecule has 60 heavy (non-hydrogen) atoms. The average Bonchev–Trinajstić information content (AvgIpc) is 3.24. The van der Waals surface area contributed by atoms with Gasteiger partial charge in [-0.3, -0.25) is 14.4 Å². The van der Waals surface area contributed by atoms with Crippen LogP contribution in [0, 0.1) is 0 Å². The van der Waals surface area contributed by atoms with E-state index >= 15 is 0 Å². The van der Waals surface area contributed by atoms with Crippen LogP contribution in [-0.4, -0.2) is 37.2 Å². The second-order valence-electron chi connectivity index (χ2n) is 15.1. The number of carbonyl (C=O) groups is 3. The summed E-state index contributed by atoms with van der Waals surface area (Å²) in [5, 5.41) is 0. The standard InChI is InChI=1S/C54H84O6/c1-4-7-10-13-16-19-22-25-26-27-30-32-35-38-41-44-47-53(56)59-50-51(60-54(57)48-45-42-39-36-33-29-24-21-18-15-12-9-6-3)49-58-52(55)46-43-40-37-34-31-28-23-20-17-14-11-8-5-2/h8-9,11-12,14-15,17-18,20-21,23-24,26-29,31,33,36,39,51H,4-7,10,13,16,19,22,25,30,32,34-35,37-38,40-50H2,1-3H3/b11-8-,12-9-,17-14-,18-15-,23-20-,24-21-,27-26-,31-28-,33-29-,39-36-. The lowest BCUT2D eigenvalue weighted by Crippen LogP contribution is -2.30. The first kappa shape index (κ1) is 55.8. The van der Waals surface area contributed by atoms with Crippen molar-refractivity contribution >= 4 is 17.9 Å². The van der Waals surface area contributed by atoms with Crippen molar-refractivity contribution in [2.45, 2.75) is 187 Å². The molecule has 0 N–H and O–H groups in total. The third kappa shape index (κ3) is 44.9. The van der Waals surface area contributed by atoms with Gasteiger partial charge in [0.2, 0.25) is 0 Å². The van der Waals surface area contributed by atoms with E-state index in [2.05, 4.69) is 51.2 Å². The Morgan fingerprint density at radius 2 is 0.683 bits per heavy atom. The van der Waals surface area contributed by atoms with Gasteiger partial charge in [0.05, 0.1) is 0 Å². The summed E-state index contributed by atoms with van der Waals surface area (Å²) < 4.78 is 16.6. The molecule has 0 aliphatic heterocycles. The van der Waals surface area contributed by atoms with E-state index < -0.39 is 12.1 Å². The molecular weight excluding hydrogens is 745 g/mol. The number of rotatable bonds is 40. The molecule has 0 aliphatic rings. The second kappa shape index (κ2) is 47.5. The Kier molecular flexibility index (Phi) is 44.2. The molecule has 0 amide bonds. The zero-order valence-corrected chi connectivity index (χ0v) is 38.2. The van der Waals surface area contributed by atoms with Gasteiger partial charge in [0.25, 0.3) is 0 Å². The highest BCUT2D eigenvalue weighted by Crippen LogP contribution is 2.12. The van der Waals surface area contributed by atoms with Crippen molar-refractivity contribution in [2.24, 2.45) is 0 Å². The van der Waals surface area contributed by atoms with Gasteiger partial charge in [0, 0.05) is 19.3 Å². The summed E-state index contributed by atoms with van der Waals surface area (Å²) in [4.78, 5) is 37.8. The number of carbonyl (C=O) groups excluding carboxylic acids is 3. The van der Waals surface area contributed by atoms with Crippen LogP contribution in [0.5, 0.6) is 0 Å². The maximum atomic E-state index is 12.7. The van der Waals surface area contributed by atoms with Gasteiger partial charge in [-0.05, 0) is 77.0 Å². The van der Waals surface area contributed by atoms with Gasteiger partial charge in [0.15, 0.2) is 6.10 Å². The van der Waals surface area contributed by atoms with Crippen LogP contribution < -0.4 is 0 Å². The molecule has 0 rings (SSSR count). The van der Waals surface area contributed by atoms with Crippen molar-refractivity contribution in [3.63, 3.8) is 0 Å². The van der Waals surface area contributed by atoms with Crippen molar-refractivity contribution < 1.29 is 28.6 Å². The highest BCUT2D eigenvalue weighted by molar-refractivity contribution is 5.71. The molecule has 0 aromatic heterocycles. The predicted molar refractivity (Wildman–Crippen MR) is 256 cm³/mol. The Morgan fingerprint density at radius 3 is 1.13 bits per heavy atom. The lowest BCUT2D eigenvalue weighted by Gasteiger charge is -2.18. The summed E-state index contributed by atoms with van der Waals surface area (Å²) in [5.41, 5.74) is 0. The topological polar surface area (TPSA) is 78.9 Å². The maximum Gasteiger partial charge on any atom is 0.306 e. The van der Waals surface area contributed by atoms with Crippen LogP contribution in [-0.2, 0) is 28.6 Å². The van der Waals surface area contributed by atoms with Crippen LogP contribution >= 0.6 is 0 Å². The maximum absolute atomic E-state index is 12.7. The van der Waals surface area contributed by atoms with E-state index in [1.807, 2.05) is 91.1 Å². The van der Waals surface area contributed by atoms with E-state index in [4.69, 9.17) is 14.2 Å². The van der Waals surface area contributed by atoms with E-state index in [1.165, 1.54) is 57.8 Å². The average molecular weight is 829 g/mol. The van der Waals surface area contributed by atoms with Gasteiger partial charge in [-0.15, -0.1) is 0 Å². The summed E-state index contributed by atoms with van der Waals surface area (Å²) >= 11 is 0. The predicted octanol–water partition coefficient (Wildman–Crippen LogP) is 15.4. The second-order valence-corrected chi connectivity index (χ2v) is 15.1. The number of esters is 3.